The van der Waals surface area contributed by atoms with Crippen molar-refractivity contribution in [2.75, 3.05) is 26.7 Å². The molecule has 0 fully saturated rings. The number of hydrogen-bond donors (Lipinski definition) is 2. The number of ether oxygens (including phenoxy) is 1. The second-order valence-corrected chi connectivity index (χ2v) is 5.86. The van der Waals surface area contributed by atoms with Crippen molar-refractivity contribution in [1.82, 2.24) is 10.6 Å². The topological polar surface area (TPSA) is 50.4 Å². The van der Waals surface area contributed by atoms with Crippen LogP contribution in [0.3, 0.4) is 0 Å². The maximum Gasteiger partial charge on any atom is 0.226 e. The summed E-state index contributed by atoms with van der Waals surface area (Å²) < 4.78 is 6.61. The Kier molecular flexibility index (Phi) is 6.31. The third-order valence-electron chi connectivity index (χ3n) is 2.77. The molecule has 5 heteroatoms. The summed E-state index contributed by atoms with van der Waals surface area (Å²) in [6.45, 7) is 5.72. The molecular formula is C14H21BrN2O2. The Hall–Kier alpha value is -1.07. The monoisotopic (exact) mass is 328 g/mol. The van der Waals surface area contributed by atoms with E-state index in [1.165, 1.54) is 0 Å². The smallest absolute Gasteiger partial charge is 0.226 e. The van der Waals surface area contributed by atoms with E-state index in [-0.39, 0.29) is 5.91 Å². The van der Waals surface area contributed by atoms with Gasteiger partial charge in [0, 0.05) is 24.6 Å². The van der Waals surface area contributed by atoms with Crippen LogP contribution in [0, 0.1) is 5.41 Å². The van der Waals surface area contributed by atoms with Crippen molar-refractivity contribution in [2.24, 2.45) is 5.41 Å². The Labute approximate surface area is 123 Å². The van der Waals surface area contributed by atoms with E-state index in [9.17, 15) is 4.79 Å². The Balaban J connectivity index is 2.21. The SMILES string of the molecule is CNC(=O)C(C)(C)CNCCOc1ccc(Br)cc1. The molecule has 0 aliphatic rings. The first-order valence-electron chi connectivity index (χ1n) is 6.27. The highest BCUT2D eigenvalue weighted by Gasteiger charge is 2.25. The van der Waals surface area contributed by atoms with Gasteiger partial charge >= 0.3 is 0 Å². The van der Waals surface area contributed by atoms with Crippen LogP contribution in [-0.4, -0.2) is 32.7 Å². The molecule has 19 heavy (non-hydrogen) atoms. The van der Waals surface area contributed by atoms with Crippen LogP contribution in [0.15, 0.2) is 28.7 Å². The zero-order valence-corrected chi connectivity index (χ0v) is 13.2. The van der Waals surface area contributed by atoms with Gasteiger partial charge in [-0.1, -0.05) is 15.9 Å². The normalized spacial score (nSPS) is 11.2. The molecule has 0 atom stereocenters. The predicted molar refractivity (Wildman–Crippen MR) is 80.4 cm³/mol. The highest BCUT2D eigenvalue weighted by Crippen LogP contribution is 2.16. The lowest BCUT2D eigenvalue weighted by Gasteiger charge is -2.22. The second kappa shape index (κ2) is 7.50. The molecule has 1 aromatic carbocycles. The molecule has 0 saturated heterocycles. The van der Waals surface area contributed by atoms with Gasteiger partial charge in [-0.15, -0.1) is 0 Å². The van der Waals surface area contributed by atoms with Crippen molar-refractivity contribution < 1.29 is 9.53 Å². The summed E-state index contributed by atoms with van der Waals surface area (Å²) in [5.74, 6) is 0.879. The fourth-order valence-corrected chi connectivity index (χ4v) is 1.86. The molecule has 0 heterocycles. The maximum atomic E-state index is 11.6. The van der Waals surface area contributed by atoms with Gasteiger partial charge in [0.25, 0.3) is 0 Å². The molecule has 1 amide bonds. The molecule has 0 aliphatic carbocycles. The van der Waals surface area contributed by atoms with Crippen LogP contribution in [0.5, 0.6) is 5.75 Å². The lowest BCUT2D eigenvalue weighted by Crippen LogP contribution is -2.42. The van der Waals surface area contributed by atoms with Crippen LogP contribution in [-0.2, 0) is 4.79 Å². The van der Waals surface area contributed by atoms with Gasteiger partial charge in [-0.2, -0.15) is 0 Å². The van der Waals surface area contributed by atoms with Crippen LogP contribution in [0.2, 0.25) is 0 Å². The summed E-state index contributed by atoms with van der Waals surface area (Å²) in [6.07, 6.45) is 0. The third-order valence-corrected chi connectivity index (χ3v) is 3.30. The fraction of sp³-hybridized carbons (Fsp3) is 0.500. The molecule has 0 radical (unpaired) electrons. The first-order valence-corrected chi connectivity index (χ1v) is 7.06. The highest BCUT2D eigenvalue weighted by molar-refractivity contribution is 9.10. The van der Waals surface area contributed by atoms with Gasteiger partial charge in [0.05, 0.1) is 5.41 Å². The molecule has 0 saturated carbocycles. The number of nitrogens with one attached hydrogen (secondary N) is 2. The minimum absolute atomic E-state index is 0.0360. The largest absolute Gasteiger partial charge is 0.492 e. The Morgan fingerprint density at radius 1 is 1.32 bits per heavy atom. The van der Waals surface area contributed by atoms with Crippen LogP contribution in [0.25, 0.3) is 0 Å². The van der Waals surface area contributed by atoms with Gasteiger partial charge in [-0.25, -0.2) is 0 Å². The average Bonchev–Trinajstić information content (AvgIpc) is 2.39. The van der Waals surface area contributed by atoms with Gasteiger partial charge in [-0.3, -0.25) is 4.79 Å². The predicted octanol–water partition coefficient (Wildman–Crippen LogP) is 2.19. The molecule has 0 spiro atoms. The number of carbonyl (C=O) groups is 1. The molecular weight excluding hydrogens is 308 g/mol. The van der Waals surface area contributed by atoms with Crippen molar-refractivity contribution >= 4 is 21.8 Å². The van der Waals surface area contributed by atoms with Crippen LogP contribution < -0.4 is 15.4 Å². The molecule has 0 unspecified atom stereocenters. The molecule has 0 bridgehead atoms. The Morgan fingerprint density at radius 2 is 1.95 bits per heavy atom. The third kappa shape index (κ3) is 5.61. The molecule has 4 nitrogen and oxygen atoms in total. The summed E-state index contributed by atoms with van der Waals surface area (Å²) in [5, 5.41) is 5.89. The summed E-state index contributed by atoms with van der Waals surface area (Å²) >= 11 is 3.37. The van der Waals surface area contributed by atoms with E-state index >= 15 is 0 Å². The van der Waals surface area contributed by atoms with Crippen molar-refractivity contribution in [3.8, 4) is 5.75 Å². The lowest BCUT2D eigenvalue weighted by molar-refractivity contribution is -0.128. The van der Waals surface area contributed by atoms with Gasteiger partial charge in [0.1, 0.15) is 12.4 Å². The first-order chi connectivity index (χ1) is 8.95. The van der Waals surface area contributed by atoms with Crippen LogP contribution in [0.4, 0.5) is 0 Å². The molecule has 0 aromatic heterocycles. The average molecular weight is 329 g/mol. The Morgan fingerprint density at radius 3 is 2.53 bits per heavy atom. The van der Waals surface area contributed by atoms with E-state index in [1.807, 2.05) is 38.1 Å². The van der Waals surface area contributed by atoms with Gasteiger partial charge in [0.15, 0.2) is 0 Å². The molecule has 1 aromatic rings. The van der Waals surface area contributed by atoms with Crippen LogP contribution >= 0.6 is 15.9 Å². The summed E-state index contributed by atoms with van der Waals surface area (Å²) in [4.78, 5) is 11.6. The van der Waals surface area contributed by atoms with E-state index in [4.69, 9.17) is 4.74 Å². The minimum Gasteiger partial charge on any atom is -0.492 e. The standard InChI is InChI=1S/C14H21BrN2O2/c1-14(2,13(18)16-3)10-17-8-9-19-12-6-4-11(15)5-7-12/h4-7,17H,8-10H2,1-3H3,(H,16,18). The van der Waals surface area contributed by atoms with Crippen LogP contribution in [0.1, 0.15) is 13.8 Å². The number of amides is 1. The summed E-state index contributed by atoms with van der Waals surface area (Å²) in [6, 6.07) is 7.71. The number of hydrogen-bond acceptors (Lipinski definition) is 3. The maximum absolute atomic E-state index is 11.6. The van der Waals surface area contributed by atoms with Gasteiger partial charge in [0.2, 0.25) is 5.91 Å². The molecule has 106 valence electrons. The number of halogens is 1. The lowest BCUT2D eigenvalue weighted by atomic mass is 9.92. The fourth-order valence-electron chi connectivity index (χ4n) is 1.59. The minimum atomic E-state index is -0.410. The van der Waals surface area contributed by atoms with Gasteiger partial charge < -0.3 is 15.4 Å². The Bertz CT molecular complexity index is 404. The first kappa shape index (κ1) is 16.0. The molecule has 1 rings (SSSR count). The van der Waals surface area contributed by atoms with Crippen molar-refractivity contribution in [3.05, 3.63) is 28.7 Å². The van der Waals surface area contributed by atoms with E-state index in [0.29, 0.717) is 19.7 Å². The van der Waals surface area contributed by atoms with Crippen molar-refractivity contribution in [1.29, 1.82) is 0 Å². The summed E-state index contributed by atoms with van der Waals surface area (Å²) in [5.41, 5.74) is -0.410. The number of rotatable bonds is 7. The number of benzene rings is 1. The van der Waals surface area contributed by atoms with Gasteiger partial charge in [-0.05, 0) is 38.1 Å². The van der Waals surface area contributed by atoms with Crippen molar-refractivity contribution in [2.45, 2.75) is 13.8 Å². The summed E-state index contributed by atoms with van der Waals surface area (Å²) in [7, 11) is 1.65. The van der Waals surface area contributed by atoms with E-state index in [0.717, 1.165) is 10.2 Å². The van der Waals surface area contributed by atoms with E-state index < -0.39 is 5.41 Å². The number of carbonyl (C=O) groups excluding carboxylic acids is 1. The zero-order chi connectivity index (χ0) is 14.3. The second-order valence-electron chi connectivity index (χ2n) is 4.94. The molecule has 2 N–H and O–H groups in total. The highest BCUT2D eigenvalue weighted by atomic mass is 79.9. The van der Waals surface area contributed by atoms with E-state index in [2.05, 4.69) is 26.6 Å². The van der Waals surface area contributed by atoms with E-state index in [1.54, 1.807) is 7.05 Å². The quantitative estimate of drug-likeness (QED) is 0.754. The van der Waals surface area contributed by atoms with Crippen molar-refractivity contribution in [3.63, 3.8) is 0 Å². The zero-order valence-electron chi connectivity index (χ0n) is 11.6. The molecule has 0 aliphatic heterocycles.